The molecule has 0 N–H and O–H groups in total. The first-order valence-corrected chi connectivity index (χ1v) is 13.4. The van der Waals surface area contributed by atoms with E-state index in [1.807, 2.05) is 61.5 Å². The molecule has 0 radical (unpaired) electrons. The van der Waals surface area contributed by atoms with Crippen LogP contribution in [-0.2, 0) is 30.8 Å². The molecular weight excluding hydrogens is 480 g/mol. The molecule has 0 saturated carbocycles. The molecule has 3 aromatic carbocycles. The van der Waals surface area contributed by atoms with Gasteiger partial charge in [0.1, 0.15) is 11.3 Å². The van der Waals surface area contributed by atoms with Gasteiger partial charge in [0.05, 0.1) is 18.8 Å². The number of para-hydroxylation sites is 1. The predicted octanol–water partition coefficient (Wildman–Crippen LogP) is 6.13. The van der Waals surface area contributed by atoms with E-state index in [4.69, 9.17) is 9.97 Å². The molecule has 0 aliphatic rings. The van der Waals surface area contributed by atoms with Gasteiger partial charge in [-0.3, -0.25) is 8.51 Å². The largest absolute Gasteiger partial charge is 0.755 e. The molecule has 6 nitrogen and oxygen atoms in total. The number of imidazole rings is 1. The molecule has 2 aromatic heterocycles. The fraction of sp³-hybridized carbons (Fsp3) is 0.200. The Morgan fingerprint density at radius 2 is 1.59 bits per heavy atom. The average molecular weight is 510 g/mol. The van der Waals surface area contributed by atoms with Gasteiger partial charge in [-0.2, -0.15) is 0 Å². The third kappa shape index (κ3) is 5.19. The lowest BCUT2D eigenvalue weighted by molar-refractivity contribution is 0.531. The molecule has 0 fully saturated rings. The number of rotatable bonds is 8. The van der Waals surface area contributed by atoms with Crippen molar-refractivity contribution in [3.63, 3.8) is 0 Å². The van der Waals surface area contributed by atoms with Crippen LogP contribution in [0.2, 0.25) is 0 Å². The second-order valence-electron chi connectivity index (χ2n) is 9.17. The van der Waals surface area contributed by atoms with Crippen LogP contribution in [0.1, 0.15) is 35.1 Å². The molecule has 0 amide bonds. The number of nitrogens with zero attached hydrogens (tertiary/aromatic N) is 4. The summed E-state index contributed by atoms with van der Waals surface area (Å²) in [6.07, 6.45) is 0.823. The quantitative estimate of drug-likeness (QED) is 0.236. The van der Waals surface area contributed by atoms with Crippen molar-refractivity contribution in [3.05, 3.63) is 113 Å². The summed E-state index contributed by atoms with van der Waals surface area (Å²) in [6.45, 7) is 7.14. The molecule has 0 aliphatic heterocycles. The zero-order valence-electron chi connectivity index (χ0n) is 21.2. The summed E-state index contributed by atoms with van der Waals surface area (Å²) in [5.41, 5.74) is 8.52. The standard InChI is InChI=1S/C30H30N4O2S/c1-4-28-32-29-21(2)18-22(3)31-30(29)33(28)19-24-14-16-25(17-15-24)26-12-8-9-13-27(26)34(37(35)36)20-23-10-6-5-7-11-23/h5-18H,4,19-20H2,1-3H3,(H,35,36)/p-1. The maximum absolute atomic E-state index is 12.2. The van der Waals surface area contributed by atoms with Gasteiger partial charge in [0.15, 0.2) is 5.65 Å². The zero-order valence-corrected chi connectivity index (χ0v) is 22.0. The maximum atomic E-state index is 12.2. The molecule has 0 saturated heterocycles. The Labute approximate surface area is 220 Å². The van der Waals surface area contributed by atoms with E-state index in [1.54, 1.807) is 0 Å². The van der Waals surface area contributed by atoms with E-state index in [-0.39, 0.29) is 6.54 Å². The summed E-state index contributed by atoms with van der Waals surface area (Å²) in [4.78, 5) is 9.64. The molecule has 0 bridgehead atoms. The Bertz CT molecular complexity index is 1560. The minimum Gasteiger partial charge on any atom is -0.755 e. The molecule has 5 aromatic rings. The van der Waals surface area contributed by atoms with Crippen molar-refractivity contribution in [3.8, 4) is 11.1 Å². The summed E-state index contributed by atoms with van der Waals surface area (Å²) < 4.78 is 28.1. The van der Waals surface area contributed by atoms with Crippen LogP contribution in [0, 0.1) is 13.8 Å². The topological polar surface area (TPSA) is 74.1 Å². The van der Waals surface area contributed by atoms with E-state index in [9.17, 15) is 8.76 Å². The Morgan fingerprint density at radius 3 is 2.30 bits per heavy atom. The summed E-state index contributed by atoms with van der Waals surface area (Å²) in [7, 11) is 0. The number of anilines is 1. The second kappa shape index (κ2) is 10.7. The Kier molecular flexibility index (Phi) is 7.17. The van der Waals surface area contributed by atoms with Gasteiger partial charge >= 0.3 is 0 Å². The van der Waals surface area contributed by atoms with Crippen molar-refractivity contribution in [1.82, 2.24) is 14.5 Å². The van der Waals surface area contributed by atoms with Crippen LogP contribution in [0.5, 0.6) is 0 Å². The maximum Gasteiger partial charge on any atom is 0.160 e. The van der Waals surface area contributed by atoms with Crippen LogP contribution in [-0.4, -0.2) is 23.3 Å². The molecule has 0 spiro atoms. The van der Waals surface area contributed by atoms with Gasteiger partial charge in [0.25, 0.3) is 0 Å². The van der Waals surface area contributed by atoms with Crippen LogP contribution < -0.4 is 4.31 Å². The first-order chi connectivity index (χ1) is 17.9. The second-order valence-corrected chi connectivity index (χ2v) is 10.0. The lowest BCUT2D eigenvalue weighted by Gasteiger charge is -2.28. The number of benzene rings is 3. The van der Waals surface area contributed by atoms with E-state index in [2.05, 4.69) is 48.7 Å². The fourth-order valence-corrected chi connectivity index (χ4v) is 5.33. The van der Waals surface area contributed by atoms with Gasteiger partial charge in [0, 0.05) is 28.9 Å². The number of aryl methyl sites for hydroxylation is 3. The smallest absolute Gasteiger partial charge is 0.160 e. The van der Waals surface area contributed by atoms with Crippen LogP contribution in [0.15, 0.2) is 84.9 Å². The highest BCUT2D eigenvalue weighted by atomic mass is 32.2. The highest BCUT2D eigenvalue weighted by Gasteiger charge is 2.16. The van der Waals surface area contributed by atoms with Gasteiger partial charge < -0.3 is 9.12 Å². The number of fused-ring (bicyclic) bond motifs is 1. The highest BCUT2D eigenvalue weighted by Crippen LogP contribution is 2.33. The average Bonchev–Trinajstić information content (AvgIpc) is 3.26. The fourth-order valence-electron chi connectivity index (χ4n) is 4.76. The molecular formula is C30H29N4O2S-. The summed E-state index contributed by atoms with van der Waals surface area (Å²) in [6, 6.07) is 27.6. The van der Waals surface area contributed by atoms with Crippen LogP contribution in [0.3, 0.4) is 0 Å². The van der Waals surface area contributed by atoms with Crippen LogP contribution in [0.4, 0.5) is 5.69 Å². The molecule has 0 aliphatic carbocycles. The number of hydrogen-bond acceptors (Lipinski definition) is 4. The SMILES string of the molecule is CCc1nc2c(C)cc(C)nc2n1Cc1ccc(-c2ccccc2N(Cc2ccccc2)S(=O)[O-])cc1. The Morgan fingerprint density at radius 1 is 0.892 bits per heavy atom. The molecule has 1 unspecified atom stereocenters. The predicted molar refractivity (Wildman–Crippen MR) is 149 cm³/mol. The van der Waals surface area contributed by atoms with Crippen molar-refractivity contribution >= 4 is 28.1 Å². The molecule has 1 atom stereocenters. The summed E-state index contributed by atoms with van der Waals surface area (Å²) >= 11 is -2.42. The third-order valence-electron chi connectivity index (χ3n) is 6.54. The van der Waals surface area contributed by atoms with E-state index >= 15 is 0 Å². The molecule has 37 heavy (non-hydrogen) atoms. The van der Waals surface area contributed by atoms with Gasteiger partial charge in [-0.05, 0) is 48.2 Å². The van der Waals surface area contributed by atoms with Crippen LogP contribution >= 0.6 is 0 Å². The normalized spacial score (nSPS) is 12.1. The minimum atomic E-state index is -2.42. The summed E-state index contributed by atoms with van der Waals surface area (Å²) in [5.74, 6) is 1.01. The van der Waals surface area contributed by atoms with Crippen molar-refractivity contribution in [2.75, 3.05) is 4.31 Å². The first-order valence-electron chi connectivity index (χ1n) is 12.4. The lowest BCUT2D eigenvalue weighted by Crippen LogP contribution is -2.25. The van der Waals surface area contributed by atoms with E-state index < -0.39 is 11.3 Å². The number of pyridine rings is 1. The molecule has 7 heteroatoms. The lowest BCUT2D eigenvalue weighted by atomic mass is 10.0. The number of aromatic nitrogens is 3. The Hall–Kier alpha value is -3.81. The zero-order chi connectivity index (χ0) is 25.9. The van der Waals surface area contributed by atoms with Gasteiger partial charge in [-0.15, -0.1) is 0 Å². The Balaban J connectivity index is 1.47. The minimum absolute atomic E-state index is 0.269. The van der Waals surface area contributed by atoms with Crippen molar-refractivity contribution < 1.29 is 8.76 Å². The van der Waals surface area contributed by atoms with Gasteiger partial charge in [-0.1, -0.05) is 79.7 Å². The molecule has 2 heterocycles. The number of hydrogen-bond donors (Lipinski definition) is 0. The van der Waals surface area contributed by atoms with E-state index in [0.717, 1.165) is 56.9 Å². The summed E-state index contributed by atoms with van der Waals surface area (Å²) in [5, 5.41) is 0. The highest BCUT2D eigenvalue weighted by molar-refractivity contribution is 7.80. The van der Waals surface area contributed by atoms with Crippen molar-refractivity contribution in [2.45, 2.75) is 40.3 Å². The van der Waals surface area contributed by atoms with Crippen molar-refractivity contribution in [2.24, 2.45) is 0 Å². The van der Waals surface area contributed by atoms with Crippen LogP contribution in [0.25, 0.3) is 22.3 Å². The third-order valence-corrected chi connectivity index (χ3v) is 7.23. The van der Waals surface area contributed by atoms with Crippen molar-refractivity contribution in [1.29, 1.82) is 0 Å². The van der Waals surface area contributed by atoms with Gasteiger partial charge in [0.2, 0.25) is 0 Å². The van der Waals surface area contributed by atoms with E-state index in [1.165, 1.54) is 4.31 Å². The molecule has 188 valence electrons. The van der Waals surface area contributed by atoms with E-state index in [0.29, 0.717) is 12.2 Å². The van der Waals surface area contributed by atoms with Gasteiger partial charge in [-0.25, -0.2) is 9.97 Å². The first kappa shape index (κ1) is 24.9. The monoisotopic (exact) mass is 509 g/mol. The molecule has 5 rings (SSSR count).